The van der Waals surface area contributed by atoms with Crippen LogP contribution < -0.4 is 9.47 Å². The van der Waals surface area contributed by atoms with E-state index in [1.54, 1.807) is 14.0 Å². The van der Waals surface area contributed by atoms with Crippen molar-refractivity contribution in [1.29, 1.82) is 0 Å². The van der Waals surface area contributed by atoms with Crippen molar-refractivity contribution >= 4 is 16.7 Å². The van der Waals surface area contributed by atoms with Gasteiger partial charge in [0.1, 0.15) is 18.1 Å². The predicted molar refractivity (Wildman–Crippen MR) is 97.1 cm³/mol. The number of rotatable bonds is 6. The Morgan fingerprint density at radius 3 is 2.40 bits per heavy atom. The van der Waals surface area contributed by atoms with Crippen LogP contribution in [0, 0.1) is 6.92 Å². The molecule has 0 amide bonds. The molecule has 5 heteroatoms. The maximum Gasteiger partial charge on any atom is 0.162 e. The molecule has 0 radical (unpaired) electrons. The first kappa shape index (κ1) is 17.0. The first-order chi connectivity index (χ1) is 12.1. The van der Waals surface area contributed by atoms with E-state index in [4.69, 9.17) is 14.6 Å². The van der Waals surface area contributed by atoms with E-state index in [1.165, 1.54) is 0 Å². The zero-order valence-corrected chi connectivity index (χ0v) is 14.6. The minimum Gasteiger partial charge on any atom is -0.497 e. The molecule has 3 aromatic rings. The highest BCUT2D eigenvalue weighted by atomic mass is 16.5. The SMILES string of the molecule is COc1ccc2c(C(C)=O)c(C)n(-c3ccc(OCCO)cc3)c2c1. The lowest BCUT2D eigenvalue weighted by Gasteiger charge is -2.11. The summed E-state index contributed by atoms with van der Waals surface area (Å²) in [5, 5.41) is 9.75. The highest BCUT2D eigenvalue weighted by molar-refractivity contribution is 6.09. The van der Waals surface area contributed by atoms with Gasteiger partial charge in [-0.2, -0.15) is 0 Å². The van der Waals surface area contributed by atoms with Crippen molar-refractivity contribution in [2.24, 2.45) is 0 Å². The third-order valence-corrected chi connectivity index (χ3v) is 4.22. The third-order valence-electron chi connectivity index (χ3n) is 4.22. The molecule has 1 N–H and O–H groups in total. The molecule has 130 valence electrons. The third kappa shape index (κ3) is 3.10. The summed E-state index contributed by atoms with van der Waals surface area (Å²) >= 11 is 0. The molecule has 25 heavy (non-hydrogen) atoms. The summed E-state index contributed by atoms with van der Waals surface area (Å²) in [4.78, 5) is 12.2. The summed E-state index contributed by atoms with van der Waals surface area (Å²) in [6.45, 7) is 3.77. The minimum absolute atomic E-state index is 0.0230. The summed E-state index contributed by atoms with van der Waals surface area (Å²) in [5.41, 5.74) is 3.46. The Bertz CT molecular complexity index is 910. The van der Waals surface area contributed by atoms with Gasteiger partial charge in [-0.15, -0.1) is 0 Å². The van der Waals surface area contributed by atoms with Crippen LogP contribution in [0.3, 0.4) is 0 Å². The second-order valence-corrected chi connectivity index (χ2v) is 5.80. The van der Waals surface area contributed by atoms with Crippen molar-refractivity contribution in [3.05, 3.63) is 53.7 Å². The van der Waals surface area contributed by atoms with Gasteiger partial charge in [-0.25, -0.2) is 0 Å². The van der Waals surface area contributed by atoms with Gasteiger partial charge in [-0.1, -0.05) is 0 Å². The molecule has 0 aliphatic carbocycles. The van der Waals surface area contributed by atoms with Crippen molar-refractivity contribution in [3.63, 3.8) is 0 Å². The predicted octanol–water partition coefficient (Wildman–Crippen LogP) is 3.52. The fraction of sp³-hybridized carbons (Fsp3) is 0.250. The average Bonchev–Trinajstić information content (AvgIpc) is 2.91. The van der Waals surface area contributed by atoms with Crippen LogP contribution in [0.25, 0.3) is 16.6 Å². The molecule has 5 nitrogen and oxygen atoms in total. The number of hydrogen-bond donors (Lipinski definition) is 1. The van der Waals surface area contributed by atoms with Crippen molar-refractivity contribution in [2.75, 3.05) is 20.3 Å². The Morgan fingerprint density at radius 2 is 1.80 bits per heavy atom. The molecular weight excluding hydrogens is 318 g/mol. The molecule has 1 heterocycles. The number of ketones is 1. The number of ether oxygens (including phenoxy) is 2. The number of aliphatic hydroxyl groups is 1. The second kappa shape index (κ2) is 6.99. The lowest BCUT2D eigenvalue weighted by atomic mass is 10.1. The van der Waals surface area contributed by atoms with Gasteiger partial charge in [-0.05, 0) is 50.2 Å². The van der Waals surface area contributed by atoms with Gasteiger partial charge in [0.15, 0.2) is 5.78 Å². The van der Waals surface area contributed by atoms with Gasteiger partial charge in [0.25, 0.3) is 0 Å². The summed E-state index contributed by atoms with van der Waals surface area (Å²) in [6.07, 6.45) is 0. The van der Waals surface area contributed by atoms with Crippen molar-refractivity contribution < 1.29 is 19.4 Å². The van der Waals surface area contributed by atoms with E-state index in [2.05, 4.69) is 0 Å². The van der Waals surface area contributed by atoms with E-state index in [-0.39, 0.29) is 19.0 Å². The molecule has 0 fully saturated rings. The Hall–Kier alpha value is -2.79. The molecule has 0 spiro atoms. The average molecular weight is 339 g/mol. The number of aromatic nitrogens is 1. The summed E-state index contributed by atoms with van der Waals surface area (Å²) < 4.78 is 12.8. The van der Waals surface area contributed by atoms with Crippen molar-refractivity contribution in [3.8, 4) is 17.2 Å². The number of aliphatic hydroxyl groups excluding tert-OH is 1. The summed E-state index contributed by atoms with van der Waals surface area (Å²) in [7, 11) is 1.63. The number of carbonyl (C=O) groups is 1. The fourth-order valence-electron chi connectivity index (χ4n) is 3.15. The van der Waals surface area contributed by atoms with Gasteiger partial charge in [-0.3, -0.25) is 4.79 Å². The highest BCUT2D eigenvalue weighted by Gasteiger charge is 2.18. The molecule has 3 rings (SSSR count). The summed E-state index contributed by atoms with van der Waals surface area (Å²) in [5.74, 6) is 1.47. The maximum atomic E-state index is 12.2. The smallest absolute Gasteiger partial charge is 0.162 e. The van der Waals surface area contributed by atoms with Crippen LogP contribution in [0.15, 0.2) is 42.5 Å². The van der Waals surface area contributed by atoms with E-state index >= 15 is 0 Å². The largest absolute Gasteiger partial charge is 0.497 e. The Morgan fingerprint density at radius 1 is 1.12 bits per heavy atom. The zero-order valence-electron chi connectivity index (χ0n) is 14.6. The van der Waals surface area contributed by atoms with Crippen LogP contribution in [0.1, 0.15) is 23.0 Å². The number of Topliss-reactive ketones (excluding diaryl/α,β-unsaturated/α-hetero) is 1. The van der Waals surface area contributed by atoms with Crippen LogP contribution in [0.2, 0.25) is 0 Å². The topological polar surface area (TPSA) is 60.7 Å². The maximum absolute atomic E-state index is 12.2. The van der Waals surface area contributed by atoms with Crippen molar-refractivity contribution in [1.82, 2.24) is 4.57 Å². The number of nitrogens with zero attached hydrogens (tertiary/aromatic N) is 1. The molecule has 0 aliphatic rings. The van der Waals surface area contributed by atoms with Gasteiger partial charge in [0, 0.05) is 28.4 Å². The highest BCUT2D eigenvalue weighted by Crippen LogP contribution is 2.32. The van der Waals surface area contributed by atoms with Crippen LogP contribution in [-0.2, 0) is 0 Å². The molecule has 0 aliphatic heterocycles. The van der Waals surface area contributed by atoms with Crippen LogP contribution in [0.5, 0.6) is 11.5 Å². The van der Waals surface area contributed by atoms with Crippen molar-refractivity contribution in [2.45, 2.75) is 13.8 Å². The molecule has 2 aromatic carbocycles. The number of benzene rings is 2. The Labute approximate surface area is 146 Å². The Kier molecular flexibility index (Phi) is 4.76. The first-order valence-electron chi connectivity index (χ1n) is 8.11. The number of carbonyl (C=O) groups excluding carboxylic acids is 1. The van der Waals surface area contributed by atoms with Crippen LogP contribution in [-0.4, -0.2) is 35.8 Å². The molecule has 0 saturated heterocycles. The van der Waals surface area contributed by atoms with Gasteiger partial charge in [0.2, 0.25) is 0 Å². The second-order valence-electron chi connectivity index (χ2n) is 5.80. The Balaban J connectivity index is 2.17. The summed E-state index contributed by atoms with van der Waals surface area (Å²) in [6, 6.07) is 13.3. The zero-order chi connectivity index (χ0) is 18.0. The monoisotopic (exact) mass is 339 g/mol. The van der Waals surface area contributed by atoms with E-state index in [0.717, 1.165) is 33.6 Å². The quantitative estimate of drug-likeness (QED) is 0.698. The molecule has 0 saturated carbocycles. The van der Waals surface area contributed by atoms with Gasteiger partial charge < -0.3 is 19.1 Å². The van der Waals surface area contributed by atoms with Gasteiger partial charge in [0.05, 0.1) is 19.2 Å². The fourth-order valence-corrected chi connectivity index (χ4v) is 3.15. The molecule has 0 bridgehead atoms. The van der Waals surface area contributed by atoms with E-state index < -0.39 is 0 Å². The molecule has 0 unspecified atom stereocenters. The first-order valence-corrected chi connectivity index (χ1v) is 8.11. The van der Waals surface area contributed by atoms with E-state index in [0.29, 0.717) is 5.75 Å². The molecule has 1 aromatic heterocycles. The lowest BCUT2D eigenvalue weighted by molar-refractivity contribution is 0.101. The number of methoxy groups -OCH3 is 1. The molecular formula is C20H21NO4. The molecule has 0 atom stereocenters. The number of hydrogen-bond acceptors (Lipinski definition) is 4. The van der Waals surface area contributed by atoms with E-state index in [9.17, 15) is 4.79 Å². The van der Waals surface area contributed by atoms with Crippen LogP contribution >= 0.6 is 0 Å². The van der Waals surface area contributed by atoms with Gasteiger partial charge >= 0.3 is 0 Å². The standard InChI is InChI=1S/C20H21NO4/c1-13-20(14(2)23)18-9-8-17(24-3)12-19(18)21(13)15-4-6-16(7-5-15)25-11-10-22/h4-9,12,22H,10-11H2,1-3H3. The van der Waals surface area contributed by atoms with E-state index in [1.807, 2.05) is 54.0 Å². The lowest BCUT2D eigenvalue weighted by Crippen LogP contribution is -2.02. The minimum atomic E-state index is -0.0230. The number of fused-ring (bicyclic) bond motifs is 1. The van der Waals surface area contributed by atoms with Crippen LogP contribution in [0.4, 0.5) is 0 Å². The normalized spacial score (nSPS) is 10.9.